The smallest absolute Gasteiger partial charge is 0.339 e. The number of furan rings is 1. The molecule has 10 nitrogen and oxygen atoms in total. The van der Waals surface area contributed by atoms with Gasteiger partial charge in [-0.1, -0.05) is 11.2 Å². The number of aryl methyl sites for hydroxylation is 2. The minimum absolute atomic E-state index is 0.0241. The number of rotatable bonds is 8. The van der Waals surface area contributed by atoms with Gasteiger partial charge in [0.15, 0.2) is 6.10 Å². The molecule has 3 aromatic rings. The molecular weight excluding hydrogens is 426 g/mol. The fourth-order valence-electron chi connectivity index (χ4n) is 2.57. The summed E-state index contributed by atoms with van der Waals surface area (Å²) in [5, 5.41) is 6.09. The van der Waals surface area contributed by atoms with E-state index in [0.29, 0.717) is 17.0 Å². The number of anilines is 1. The number of esters is 1. The number of sulfonamides is 1. The van der Waals surface area contributed by atoms with Crippen LogP contribution in [0.5, 0.6) is 0 Å². The number of aromatic nitrogens is 1. The van der Waals surface area contributed by atoms with Gasteiger partial charge < -0.3 is 13.7 Å². The quantitative estimate of drug-likeness (QED) is 0.502. The van der Waals surface area contributed by atoms with E-state index < -0.39 is 28.0 Å². The van der Waals surface area contributed by atoms with Crippen molar-refractivity contribution in [3.63, 3.8) is 0 Å². The number of ether oxygens (including phenoxy) is 1. The van der Waals surface area contributed by atoms with Crippen molar-refractivity contribution in [2.45, 2.75) is 38.3 Å². The largest absolute Gasteiger partial charge is 0.468 e. The highest BCUT2D eigenvalue weighted by Gasteiger charge is 2.23. The number of amides is 1. The molecule has 0 aliphatic heterocycles. The number of hydrogen-bond donors (Lipinski definition) is 2. The zero-order valence-electron chi connectivity index (χ0n) is 17.0. The van der Waals surface area contributed by atoms with E-state index in [4.69, 9.17) is 13.7 Å². The maximum atomic E-state index is 12.6. The van der Waals surface area contributed by atoms with Crippen molar-refractivity contribution in [1.29, 1.82) is 0 Å². The van der Waals surface area contributed by atoms with Crippen LogP contribution in [0.1, 0.15) is 34.3 Å². The molecule has 1 atom stereocenters. The van der Waals surface area contributed by atoms with Crippen molar-refractivity contribution in [2.75, 3.05) is 5.32 Å². The first-order chi connectivity index (χ1) is 14.7. The molecule has 1 amide bonds. The minimum atomic E-state index is -3.91. The van der Waals surface area contributed by atoms with Crippen molar-refractivity contribution in [3.05, 3.63) is 65.2 Å². The minimum Gasteiger partial charge on any atom is -0.468 e. The second-order valence-electron chi connectivity index (χ2n) is 6.75. The van der Waals surface area contributed by atoms with E-state index >= 15 is 0 Å². The molecule has 164 valence electrons. The fraction of sp³-hybridized carbons (Fsp3) is 0.250. The molecule has 0 aliphatic rings. The van der Waals surface area contributed by atoms with E-state index in [0.717, 1.165) is 0 Å². The van der Waals surface area contributed by atoms with Crippen LogP contribution >= 0.6 is 0 Å². The highest BCUT2D eigenvalue weighted by Crippen LogP contribution is 2.18. The summed E-state index contributed by atoms with van der Waals surface area (Å²) < 4.78 is 42.7. The Bertz CT molecular complexity index is 1180. The summed E-state index contributed by atoms with van der Waals surface area (Å²) in [4.78, 5) is 24.7. The highest BCUT2D eigenvalue weighted by molar-refractivity contribution is 7.89. The molecule has 3 rings (SSSR count). The number of carbonyl (C=O) groups is 2. The predicted octanol–water partition coefficient (Wildman–Crippen LogP) is 2.55. The molecule has 0 radical (unpaired) electrons. The number of benzene rings is 1. The van der Waals surface area contributed by atoms with Gasteiger partial charge in [-0.2, -0.15) is 0 Å². The van der Waals surface area contributed by atoms with Gasteiger partial charge in [-0.25, -0.2) is 17.9 Å². The molecule has 2 heterocycles. The van der Waals surface area contributed by atoms with E-state index in [1.54, 1.807) is 26.0 Å². The third kappa shape index (κ3) is 5.58. The van der Waals surface area contributed by atoms with Crippen molar-refractivity contribution in [2.24, 2.45) is 0 Å². The van der Waals surface area contributed by atoms with Gasteiger partial charge in [0.2, 0.25) is 15.9 Å². The molecule has 0 saturated carbocycles. The Kier molecular flexibility index (Phi) is 6.56. The standard InChI is InChI=1S/C20H21N3O7S/c1-12-6-7-16(31(26,27)21-11-15-5-4-8-28-15)10-17(12)20(25)29-14(3)19(24)22-18-9-13(2)23-30-18/h4-10,14,21H,11H2,1-3H3,(H,22,24). The third-order valence-electron chi connectivity index (χ3n) is 4.28. The van der Waals surface area contributed by atoms with Crippen LogP contribution in [0.15, 0.2) is 56.5 Å². The Morgan fingerprint density at radius 3 is 2.61 bits per heavy atom. The van der Waals surface area contributed by atoms with E-state index in [1.165, 1.54) is 37.5 Å². The van der Waals surface area contributed by atoms with Crippen molar-refractivity contribution in [3.8, 4) is 0 Å². The Morgan fingerprint density at radius 1 is 1.19 bits per heavy atom. The van der Waals surface area contributed by atoms with Crippen LogP contribution in [0.3, 0.4) is 0 Å². The molecule has 11 heteroatoms. The maximum absolute atomic E-state index is 12.6. The average Bonchev–Trinajstić information content (AvgIpc) is 3.38. The zero-order chi connectivity index (χ0) is 22.6. The van der Waals surface area contributed by atoms with Gasteiger partial charge >= 0.3 is 5.97 Å². The van der Waals surface area contributed by atoms with E-state index in [-0.39, 0.29) is 22.9 Å². The summed E-state index contributed by atoms with van der Waals surface area (Å²) >= 11 is 0. The number of nitrogens with zero attached hydrogens (tertiary/aromatic N) is 1. The number of nitrogens with one attached hydrogen (secondary N) is 2. The zero-order valence-corrected chi connectivity index (χ0v) is 17.9. The molecule has 2 aromatic heterocycles. The summed E-state index contributed by atoms with van der Waals surface area (Å²) in [6, 6.07) is 8.85. The first-order valence-corrected chi connectivity index (χ1v) is 10.7. The van der Waals surface area contributed by atoms with Crippen LogP contribution < -0.4 is 10.0 Å². The second-order valence-corrected chi connectivity index (χ2v) is 8.52. The Morgan fingerprint density at radius 2 is 1.97 bits per heavy atom. The van der Waals surface area contributed by atoms with Gasteiger partial charge in [-0.3, -0.25) is 10.1 Å². The lowest BCUT2D eigenvalue weighted by Gasteiger charge is -2.14. The van der Waals surface area contributed by atoms with Crippen molar-refractivity contribution >= 4 is 27.8 Å². The van der Waals surface area contributed by atoms with Gasteiger partial charge in [0, 0.05) is 6.07 Å². The van der Waals surface area contributed by atoms with Crippen LogP contribution in [0.4, 0.5) is 5.88 Å². The third-order valence-corrected chi connectivity index (χ3v) is 5.68. The molecule has 1 unspecified atom stereocenters. The SMILES string of the molecule is Cc1cc(NC(=O)C(C)OC(=O)c2cc(S(=O)(=O)NCc3ccco3)ccc2C)on1. The van der Waals surface area contributed by atoms with Crippen LogP contribution in [-0.2, 0) is 26.1 Å². The molecule has 0 saturated heterocycles. The van der Waals surface area contributed by atoms with Crippen molar-refractivity contribution in [1.82, 2.24) is 9.88 Å². The normalized spacial score (nSPS) is 12.4. The lowest BCUT2D eigenvalue weighted by Crippen LogP contribution is -2.30. The molecule has 31 heavy (non-hydrogen) atoms. The molecule has 2 N–H and O–H groups in total. The maximum Gasteiger partial charge on any atom is 0.339 e. The van der Waals surface area contributed by atoms with Gasteiger partial charge in [-0.05, 0) is 50.6 Å². The average molecular weight is 447 g/mol. The number of hydrogen-bond acceptors (Lipinski definition) is 8. The monoisotopic (exact) mass is 447 g/mol. The van der Waals surface area contributed by atoms with Crippen LogP contribution in [0.2, 0.25) is 0 Å². The Labute approximate surface area is 178 Å². The molecule has 0 bridgehead atoms. The summed E-state index contributed by atoms with van der Waals surface area (Å²) in [5.74, 6) is -0.891. The summed E-state index contributed by atoms with van der Waals surface area (Å²) in [7, 11) is -3.91. The predicted molar refractivity (Wildman–Crippen MR) is 109 cm³/mol. The molecule has 0 spiro atoms. The van der Waals surface area contributed by atoms with Gasteiger partial charge in [0.25, 0.3) is 5.91 Å². The Balaban J connectivity index is 1.69. The molecular formula is C20H21N3O7S. The molecule has 1 aromatic carbocycles. The van der Waals surface area contributed by atoms with E-state index in [2.05, 4.69) is 15.2 Å². The van der Waals surface area contributed by atoms with Crippen LogP contribution in [-0.4, -0.2) is 31.6 Å². The van der Waals surface area contributed by atoms with E-state index in [1.807, 2.05) is 0 Å². The van der Waals surface area contributed by atoms with E-state index in [9.17, 15) is 18.0 Å². The summed E-state index contributed by atoms with van der Waals surface area (Å²) in [6.07, 6.45) is 0.277. The first-order valence-electron chi connectivity index (χ1n) is 9.23. The molecule has 0 fully saturated rings. The van der Waals surface area contributed by atoms with Crippen LogP contribution in [0, 0.1) is 13.8 Å². The van der Waals surface area contributed by atoms with Gasteiger partial charge in [-0.15, -0.1) is 0 Å². The first kappa shape index (κ1) is 22.2. The fourth-order valence-corrected chi connectivity index (χ4v) is 3.59. The Hall–Kier alpha value is -3.44. The lowest BCUT2D eigenvalue weighted by atomic mass is 10.1. The summed E-state index contributed by atoms with van der Waals surface area (Å²) in [5.41, 5.74) is 1.10. The van der Waals surface area contributed by atoms with Gasteiger partial charge in [0.05, 0.1) is 29.0 Å². The van der Waals surface area contributed by atoms with Crippen LogP contribution in [0.25, 0.3) is 0 Å². The number of carbonyl (C=O) groups excluding carboxylic acids is 2. The molecule has 0 aliphatic carbocycles. The summed E-state index contributed by atoms with van der Waals surface area (Å²) in [6.45, 7) is 4.67. The second kappa shape index (κ2) is 9.14. The van der Waals surface area contributed by atoms with Crippen molar-refractivity contribution < 1.29 is 31.7 Å². The van der Waals surface area contributed by atoms with Gasteiger partial charge in [0.1, 0.15) is 5.76 Å². The highest BCUT2D eigenvalue weighted by atomic mass is 32.2. The topological polar surface area (TPSA) is 141 Å². The lowest BCUT2D eigenvalue weighted by molar-refractivity contribution is -0.123.